The average Bonchev–Trinajstić information content (AvgIpc) is 2.88. The number of thiocarbonyl (C=S) groups is 1. The Morgan fingerprint density at radius 3 is 2.30 bits per heavy atom. The zero-order valence-electron chi connectivity index (χ0n) is 19.6. The van der Waals surface area contributed by atoms with Crippen molar-refractivity contribution in [1.29, 1.82) is 0 Å². The summed E-state index contributed by atoms with van der Waals surface area (Å²) in [4.78, 5) is 27.1. The predicted molar refractivity (Wildman–Crippen MR) is 154 cm³/mol. The highest BCUT2D eigenvalue weighted by molar-refractivity contribution is 7.80. The summed E-state index contributed by atoms with van der Waals surface area (Å²) >= 11 is 24.5. The second-order valence-corrected chi connectivity index (χ2v) is 9.63. The van der Waals surface area contributed by atoms with Crippen LogP contribution in [0.1, 0.15) is 33.2 Å². The zero-order valence-corrected chi connectivity index (χ0v) is 22.7. The SMILES string of the molecule is CCOC(=O)c1ccc(N(Cc2ccc(Cl)cc2Cl)C(=S)NC(=O)c2cccc3c(Cl)cccc23)cc1. The summed E-state index contributed by atoms with van der Waals surface area (Å²) < 4.78 is 5.07. The fourth-order valence-electron chi connectivity index (χ4n) is 3.79. The highest BCUT2D eigenvalue weighted by Gasteiger charge is 2.20. The van der Waals surface area contributed by atoms with Crippen molar-refractivity contribution >= 4 is 80.5 Å². The first-order valence-corrected chi connectivity index (χ1v) is 12.8. The van der Waals surface area contributed by atoms with Gasteiger partial charge in [-0.05, 0) is 78.6 Å². The monoisotopic (exact) mass is 570 g/mol. The van der Waals surface area contributed by atoms with Crippen LogP contribution in [-0.2, 0) is 11.3 Å². The van der Waals surface area contributed by atoms with Crippen molar-refractivity contribution in [1.82, 2.24) is 5.32 Å². The summed E-state index contributed by atoms with van der Waals surface area (Å²) in [5, 5.41) is 5.97. The molecule has 1 amide bonds. The van der Waals surface area contributed by atoms with Crippen molar-refractivity contribution < 1.29 is 14.3 Å². The van der Waals surface area contributed by atoms with E-state index in [0.717, 1.165) is 10.9 Å². The van der Waals surface area contributed by atoms with Gasteiger partial charge < -0.3 is 9.64 Å². The fourth-order valence-corrected chi connectivity index (χ4v) is 4.76. The number of esters is 1. The minimum atomic E-state index is -0.424. The quantitative estimate of drug-likeness (QED) is 0.190. The van der Waals surface area contributed by atoms with Gasteiger partial charge in [0.2, 0.25) is 0 Å². The molecule has 0 unspecified atom stereocenters. The van der Waals surface area contributed by atoms with Gasteiger partial charge in [0.05, 0.1) is 18.7 Å². The molecule has 5 nitrogen and oxygen atoms in total. The van der Waals surface area contributed by atoms with E-state index in [9.17, 15) is 9.59 Å². The number of rotatable bonds is 6. The van der Waals surface area contributed by atoms with E-state index in [1.165, 1.54) is 0 Å². The molecule has 0 heterocycles. The van der Waals surface area contributed by atoms with Crippen LogP contribution in [0.3, 0.4) is 0 Å². The van der Waals surface area contributed by atoms with Crippen LogP contribution in [0.25, 0.3) is 10.8 Å². The van der Waals surface area contributed by atoms with Crippen LogP contribution in [0.5, 0.6) is 0 Å². The van der Waals surface area contributed by atoms with Gasteiger partial charge in [-0.1, -0.05) is 65.1 Å². The molecule has 0 bridgehead atoms. The third kappa shape index (κ3) is 6.22. The molecule has 0 atom stereocenters. The summed E-state index contributed by atoms with van der Waals surface area (Å²) in [6.45, 7) is 2.27. The number of carbonyl (C=O) groups is 2. The molecule has 1 N–H and O–H groups in total. The topological polar surface area (TPSA) is 58.6 Å². The minimum absolute atomic E-state index is 0.152. The normalized spacial score (nSPS) is 10.7. The molecule has 0 aliphatic carbocycles. The summed E-state index contributed by atoms with van der Waals surface area (Å²) in [6.07, 6.45) is 0. The lowest BCUT2D eigenvalue weighted by Gasteiger charge is -2.26. The van der Waals surface area contributed by atoms with E-state index < -0.39 is 5.97 Å². The Hall–Kier alpha value is -3.16. The maximum Gasteiger partial charge on any atom is 0.338 e. The van der Waals surface area contributed by atoms with Gasteiger partial charge >= 0.3 is 5.97 Å². The van der Waals surface area contributed by atoms with E-state index in [-0.39, 0.29) is 24.2 Å². The van der Waals surface area contributed by atoms with Crippen LogP contribution in [-0.4, -0.2) is 23.6 Å². The van der Waals surface area contributed by atoms with E-state index >= 15 is 0 Å². The molecule has 9 heteroatoms. The highest BCUT2D eigenvalue weighted by atomic mass is 35.5. The molecular formula is C28H21Cl3N2O3S. The molecular weight excluding hydrogens is 551 g/mol. The Morgan fingerprint density at radius 1 is 0.892 bits per heavy atom. The minimum Gasteiger partial charge on any atom is -0.462 e. The number of ether oxygens (including phenoxy) is 1. The van der Waals surface area contributed by atoms with Gasteiger partial charge in [0.1, 0.15) is 0 Å². The van der Waals surface area contributed by atoms with Gasteiger partial charge in [-0.15, -0.1) is 0 Å². The molecule has 4 rings (SSSR count). The van der Waals surface area contributed by atoms with Crippen LogP contribution in [0.15, 0.2) is 78.9 Å². The molecule has 4 aromatic rings. The lowest BCUT2D eigenvalue weighted by molar-refractivity contribution is 0.0526. The van der Waals surface area contributed by atoms with Gasteiger partial charge in [-0.3, -0.25) is 10.1 Å². The zero-order chi connectivity index (χ0) is 26.5. The molecule has 37 heavy (non-hydrogen) atoms. The van der Waals surface area contributed by atoms with Crippen molar-refractivity contribution in [3.8, 4) is 0 Å². The van der Waals surface area contributed by atoms with Gasteiger partial charge in [-0.25, -0.2) is 4.79 Å². The van der Waals surface area contributed by atoms with E-state index in [1.54, 1.807) is 78.6 Å². The number of anilines is 1. The molecule has 0 aliphatic heterocycles. The second kappa shape index (κ2) is 11.9. The maximum atomic E-state index is 13.3. The molecule has 0 aliphatic rings. The number of nitrogens with zero attached hydrogens (tertiary/aromatic N) is 1. The largest absolute Gasteiger partial charge is 0.462 e. The number of carbonyl (C=O) groups excluding carboxylic acids is 2. The molecule has 0 saturated carbocycles. The van der Waals surface area contributed by atoms with Gasteiger partial charge in [-0.2, -0.15) is 0 Å². The molecule has 0 saturated heterocycles. The number of halogens is 3. The average molecular weight is 572 g/mol. The first kappa shape index (κ1) is 26.9. The number of amides is 1. The van der Waals surface area contributed by atoms with Crippen LogP contribution < -0.4 is 10.2 Å². The lowest BCUT2D eigenvalue weighted by Crippen LogP contribution is -2.42. The van der Waals surface area contributed by atoms with Crippen LogP contribution in [0, 0.1) is 0 Å². The van der Waals surface area contributed by atoms with Crippen molar-refractivity contribution in [3.63, 3.8) is 0 Å². The number of benzene rings is 4. The standard InChI is InChI=1S/C28H21Cl3N2O3S/c1-2-36-27(35)17-10-13-20(14-11-17)33(16-18-9-12-19(29)15-25(18)31)28(37)32-26(34)23-7-3-6-22-21(23)5-4-8-24(22)30/h3-15H,2,16H2,1H3,(H,32,34,37). The smallest absolute Gasteiger partial charge is 0.338 e. The van der Waals surface area contributed by atoms with Crippen LogP contribution >= 0.6 is 47.0 Å². The summed E-state index contributed by atoms with van der Waals surface area (Å²) in [5.74, 6) is -0.806. The van der Waals surface area contributed by atoms with Gasteiger partial charge in [0.25, 0.3) is 5.91 Å². The number of hydrogen-bond acceptors (Lipinski definition) is 4. The number of nitrogens with one attached hydrogen (secondary N) is 1. The summed E-state index contributed by atoms with van der Waals surface area (Å²) in [6, 6.07) is 22.6. The van der Waals surface area contributed by atoms with Crippen molar-refractivity contribution in [2.45, 2.75) is 13.5 Å². The molecule has 0 fully saturated rings. The van der Waals surface area contributed by atoms with Crippen LogP contribution in [0.4, 0.5) is 5.69 Å². The molecule has 4 aromatic carbocycles. The molecule has 0 aromatic heterocycles. The lowest BCUT2D eigenvalue weighted by atomic mass is 10.0. The maximum absolute atomic E-state index is 13.3. The number of hydrogen-bond donors (Lipinski definition) is 1. The van der Waals surface area contributed by atoms with Gasteiger partial charge in [0.15, 0.2) is 5.11 Å². The third-order valence-corrected chi connectivity index (χ3v) is 6.85. The van der Waals surface area contributed by atoms with Crippen molar-refractivity contribution in [2.75, 3.05) is 11.5 Å². The Kier molecular flexibility index (Phi) is 8.67. The first-order valence-electron chi connectivity index (χ1n) is 11.3. The molecule has 0 radical (unpaired) electrons. The molecule has 0 spiro atoms. The van der Waals surface area contributed by atoms with Crippen molar-refractivity contribution in [3.05, 3.63) is 111 Å². The first-order chi connectivity index (χ1) is 17.8. The highest BCUT2D eigenvalue weighted by Crippen LogP contribution is 2.27. The van der Waals surface area contributed by atoms with Crippen molar-refractivity contribution in [2.24, 2.45) is 0 Å². The van der Waals surface area contributed by atoms with E-state index in [0.29, 0.717) is 37.3 Å². The predicted octanol–water partition coefficient (Wildman–Crippen LogP) is 7.70. The Balaban J connectivity index is 1.66. The Bertz CT molecular complexity index is 1490. The third-order valence-electron chi connectivity index (χ3n) is 5.61. The van der Waals surface area contributed by atoms with Crippen LogP contribution in [0.2, 0.25) is 15.1 Å². The Morgan fingerprint density at radius 2 is 1.59 bits per heavy atom. The van der Waals surface area contributed by atoms with E-state index in [4.69, 9.17) is 51.8 Å². The van der Waals surface area contributed by atoms with Gasteiger partial charge in [0, 0.05) is 31.7 Å². The Labute approximate surface area is 234 Å². The second-order valence-electron chi connectivity index (χ2n) is 7.99. The molecule has 188 valence electrons. The number of fused-ring (bicyclic) bond motifs is 1. The van der Waals surface area contributed by atoms with E-state index in [2.05, 4.69) is 5.32 Å². The summed E-state index contributed by atoms with van der Waals surface area (Å²) in [7, 11) is 0. The fraction of sp³-hybridized carbons (Fsp3) is 0.107. The summed E-state index contributed by atoms with van der Waals surface area (Å²) in [5.41, 5.74) is 2.22. The van der Waals surface area contributed by atoms with E-state index in [1.807, 2.05) is 12.1 Å².